The first-order valence-corrected chi connectivity index (χ1v) is 12.4. The van der Waals surface area contributed by atoms with E-state index in [-0.39, 0.29) is 5.92 Å². The summed E-state index contributed by atoms with van der Waals surface area (Å²) in [4.78, 5) is 0. The van der Waals surface area contributed by atoms with Gasteiger partial charge >= 0.3 is 8.32 Å². The van der Waals surface area contributed by atoms with Crippen molar-refractivity contribution in [1.29, 1.82) is 5.26 Å². The average Bonchev–Trinajstić information content (AvgIpc) is 2.82. The van der Waals surface area contributed by atoms with Crippen LogP contribution in [0.5, 0.6) is 0 Å². The highest BCUT2D eigenvalue weighted by molar-refractivity contribution is 7.07. The maximum absolute atomic E-state index is 8.90. The van der Waals surface area contributed by atoms with E-state index in [4.69, 9.17) is 9.79 Å². The van der Waals surface area contributed by atoms with Crippen molar-refractivity contribution in [3.63, 3.8) is 0 Å². The zero-order valence-corrected chi connectivity index (χ0v) is 18.4. The normalized spacial score (nSPS) is 12.4. The lowest BCUT2D eigenvalue weighted by atomic mass is 10.1. The number of hydrogen-bond donors (Lipinski definition) is 0. The van der Waals surface area contributed by atoms with E-state index in [2.05, 4.69) is 84.0 Å². The Morgan fingerprint density at radius 1 is 0.833 bits per heavy atom. The van der Waals surface area contributed by atoms with Gasteiger partial charge < -0.3 is 4.53 Å². The van der Waals surface area contributed by atoms with Gasteiger partial charge in [-0.1, -0.05) is 97.4 Å². The molecule has 3 aromatic carbocycles. The molecule has 0 aliphatic heterocycles. The molecule has 0 aromatic heterocycles. The first kappa shape index (κ1) is 21.5. The summed E-state index contributed by atoms with van der Waals surface area (Å²) in [7, 11) is -2.76. The molecular weight excluding hydrogens is 384 g/mol. The van der Waals surface area contributed by atoms with Gasteiger partial charge in [-0.3, -0.25) is 0 Å². The second-order valence-corrected chi connectivity index (χ2v) is 10.8. The second kappa shape index (κ2) is 11.1. The Balaban J connectivity index is 1.88. The fourth-order valence-electron chi connectivity index (χ4n) is 3.60. The number of nitriles is 1. The number of benzene rings is 3. The van der Waals surface area contributed by atoms with Crippen LogP contribution in [0.2, 0.25) is 0 Å². The monoisotopic (exact) mass is 412 g/mol. The third-order valence-electron chi connectivity index (χ3n) is 5.25. The van der Waals surface area contributed by atoms with E-state index in [1.807, 2.05) is 31.3 Å². The molecular formula is C26H28N2OSi. The molecule has 0 aliphatic rings. The SMILES string of the molecule is CC(C#N)CCCCC=NO[Si](c1ccccc1)(c1ccccc1)c1ccccc1. The van der Waals surface area contributed by atoms with Crippen molar-refractivity contribution in [2.45, 2.75) is 32.6 Å². The standard InChI is InChI=1S/C26H28N2OSi/c1-23(22-27)14-6-5-13-21-28-29-30(24-15-7-2-8-16-24,25-17-9-3-10-18-25)26-19-11-4-12-20-26/h2-4,7-12,15-21,23H,5-6,13-14H2,1H3. The van der Waals surface area contributed by atoms with Crippen LogP contribution >= 0.6 is 0 Å². The van der Waals surface area contributed by atoms with Gasteiger partial charge in [-0.15, -0.1) is 5.16 Å². The Bertz CT molecular complexity index is 856. The number of rotatable bonds is 10. The van der Waals surface area contributed by atoms with Crippen molar-refractivity contribution in [3.05, 3.63) is 91.0 Å². The summed E-state index contributed by atoms with van der Waals surface area (Å²) < 4.78 is 6.49. The summed E-state index contributed by atoms with van der Waals surface area (Å²) in [5.41, 5.74) is 0. The highest BCUT2D eigenvalue weighted by Gasteiger charge is 2.44. The maximum atomic E-state index is 8.90. The molecule has 3 rings (SSSR count). The molecule has 0 saturated carbocycles. The van der Waals surface area contributed by atoms with Crippen molar-refractivity contribution in [1.82, 2.24) is 0 Å². The van der Waals surface area contributed by atoms with Crippen LogP contribution in [-0.2, 0) is 4.53 Å². The van der Waals surface area contributed by atoms with Crippen LogP contribution in [0.25, 0.3) is 0 Å². The van der Waals surface area contributed by atoms with Crippen molar-refractivity contribution in [3.8, 4) is 6.07 Å². The van der Waals surface area contributed by atoms with Crippen LogP contribution in [-0.4, -0.2) is 14.5 Å². The molecule has 1 unspecified atom stereocenters. The first-order valence-electron chi connectivity index (χ1n) is 10.5. The van der Waals surface area contributed by atoms with Gasteiger partial charge in [-0.2, -0.15) is 5.26 Å². The first-order chi connectivity index (χ1) is 14.8. The van der Waals surface area contributed by atoms with Crippen molar-refractivity contribution in [2.24, 2.45) is 11.1 Å². The van der Waals surface area contributed by atoms with E-state index in [9.17, 15) is 0 Å². The number of hydrogen-bond acceptors (Lipinski definition) is 3. The van der Waals surface area contributed by atoms with E-state index in [1.54, 1.807) is 0 Å². The smallest absolute Gasteiger partial charge is 0.380 e. The summed E-state index contributed by atoms with van der Waals surface area (Å²) in [6, 6.07) is 33.6. The molecule has 0 fully saturated rings. The van der Waals surface area contributed by atoms with E-state index in [0.29, 0.717) is 0 Å². The molecule has 0 saturated heterocycles. The van der Waals surface area contributed by atoms with Gasteiger partial charge in [0, 0.05) is 12.1 Å². The number of unbranched alkanes of at least 4 members (excludes halogenated alkanes) is 2. The topological polar surface area (TPSA) is 45.4 Å². The maximum Gasteiger partial charge on any atom is 0.380 e. The lowest BCUT2D eigenvalue weighted by Gasteiger charge is -2.30. The van der Waals surface area contributed by atoms with Crippen LogP contribution in [0, 0.1) is 17.2 Å². The van der Waals surface area contributed by atoms with E-state index in [0.717, 1.165) is 25.7 Å². The molecule has 0 heterocycles. The van der Waals surface area contributed by atoms with Crippen LogP contribution in [0.4, 0.5) is 0 Å². The summed E-state index contributed by atoms with van der Waals surface area (Å²) in [6.07, 6.45) is 5.70. The lowest BCUT2D eigenvalue weighted by Crippen LogP contribution is -2.68. The van der Waals surface area contributed by atoms with Gasteiger partial charge in [-0.05, 0) is 41.7 Å². The minimum atomic E-state index is -2.76. The molecule has 0 amide bonds. The predicted octanol–water partition coefficient (Wildman–Crippen LogP) is 4.38. The second-order valence-electron chi connectivity index (χ2n) is 7.47. The number of nitrogens with zero attached hydrogens (tertiary/aromatic N) is 2. The molecule has 3 nitrogen and oxygen atoms in total. The molecule has 1 atom stereocenters. The highest BCUT2D eigenvalue weighted by Crippen LogP contribution is 2.11. The van der Waals surface area contributed by atoms with Gasteiger partial charge in [0.25, 0.3) is 0 Å². The Hall–Kier alpha value is -3.16. The predicted molar refractivity (Wildman–Crippen MR) is 127 cm³/mol. The Morgan fingerprint density at radius 3 is 1.73 bits per heavy atom. The molecule has 4 heteroatoms. The van der Waals surface area contributed by atoms with E-state index < -0.39 is 8.32 Å². The quantitative estimate of drug-likeness (QED) is 0.163. The third kappa shape index (κ3) is 5.25. The molecule has 0 bridgehead atoms. The number of oxime groups is 1. The Labute approximate surface area is 180 Å². The van der Waals surface area contributed by atoms with Crippen LogP contribution in [0.3, 0.4) is 0 Å². The zero-order chi connectivity index (χ0) is 21.1. The minimum Gasteiger partial charge on any atom is -0.438 e. The van der Waals surface area contributed by atoms with Crippen molar-refractivity contribution in [2.75, 3.05) is 0 Å². The van der Waals surface area contributed by atoms with Gasteiger partial charge in [0.15, 0.2) is 0 Å². The average molecular weight is 413 g/mol. The fourth-order valence-corrected chi connectivity index (χ4v) is 7.13. The van der Waals surface area contributed by atoms with Crippen LogP contribution in [0.15, 0.2) is 96.2 Å². The summed E-state index contributed by atoms with van der Waals surface area (Å²) in [5.74, 6) is 0.118. The van der Waals surface area contributed by atoms with Crippen LogP contribution in [0.1, 0.15) is 32.6 Å². The lowest BCUT2D eigenvalue weighted by molar-refractivity contribution is 0.350. The van der Waals surface area contributed by atoms with Crippen molar-refractivity contribution >= 4 is 30.1 Å². The molecule has 0 aliphatic carbocycles. The molecule has 0 radical (unpaired) electrons. The van der Waals surface area contributed by atoms with E-state index in [1.165, 1.54) is 15.6 Å². The summed E-state index contributed by atoms with van der Waals surface area (Å²) >= 11 is 0. The largest absolute Gasteiger partial charge is 0.438 e. The zero-order valence-electron chi connectivity index (χ0n) is 17.4. The Kier molecular flexibility index (Phi) is 7.99. The molecule has 0 spiro atoms. The molecule has 3 aromatic rings. The highest BCUT2D eigenvalue weighted by atomic mass is 28.4. The molecule has 152 valence electrons. The van der Waals surface area contributed by atoms with Gasteiger partial charge in [0.1, 0.15) is 0 Å². The van der Waals surface area contributed by atoms with Gasteiger partial charge in [0.05, 0.1) is 6.07 Å². The van der Waals surface area contributed by atoms with Gasteiger partial charge in [-0.25, -0.2) is 0 Å². The van der Waals surface area contributed by atoms with E-state index >= 15 is 0 Å². The fraction of sp³-hybridized carbons (Fsp3) is 0.231. The Morgan fingerprint density at radius 2 is 1.30 bits per heavy atom. The minimum absolute atomic E-state index is 0.118. The summed E-state index contributed by atoms with van der Waals surface area (Å²) in [6.45, 7) is 1.97. The summed E-state index contributed by atoms with van der Waals surface area (Å²) in [5, 5.41) is 16.9. The van der Waals surface area contributed by atoms with Crippen LogP contribution < -0.4 is 15.6 Å². The van der Waals surface area contributed by atoms with Crippen molar-refractivity contribution < 1.29 is 4.53 Å². The third-order valence-corrected chi connectivity index (χ3v) is 9.06. The molecule has 0 N–H and O–H groups in total. The van der Waals surface area contributed by atoms with Gasteiger partial charge in [0.2, 0.25) is 0 Å². The molecule has 30 heavy (non-hydrogen) atoms.